The van der Waals surface area contributed by atoms with Gasteiger partial charge in [0.05, 0.1) is 11.0 Å². The first kappa shape index (κ1) is 13.9. The highest BCUT2D eigenvalue weighted by molar-refractivity contribution is 9.09. The van der Waals surface area contributed by atoms with Crippen LogP contribution in [-0.2, 0) is 0 Å². The molecule has 1 rings (SSSR count). The third kappa shape index (κ3) is 3.39. The van der Waals surface area contributed by atoms with Gasteiger partial charge in [-0.1, -0.05) is 15.9 Å². The van der Waals surface area contributed by atoms with Crippen LogP contribution in [0.4, 0.5) is 11.4 Å². The van der Waals surface area contributed by atoms with Crippen molar-refractivity contribution in [2.24, 2.45) is 0 Å². The summed E-state index contributed by atoms with van der Waals surface area (Å²) in [6, 6.07) is 3.91. The standard InChI is InChI=1S/C10H13BrN2O4/c11-4-3-9(14)10(15)6-1-2-8(13(16)17)7(12)5-6/h1-2,5,9-10,14-15H,3-4,12H2. The van der Waals surface area contributed by atoms with Gasteiger partial charge in [-0.2, -0.15) is 0 Å². The summed E-state index contributed by atoms with van der Waals surface area (Å²) in [6.07, 6.45) is -1.66. The van der Waals surface area contributed by atoms with Crippen molar-refractivity contribution in [3.8, 4) is 0 Å². The van der Waals surface area contributed by atoms with Gasteiger partial charge in [-0.05, 0) is 24.1 Å². The molecule has 0 aliphatic heterocycles. The van der Waals surface area contributed by atoms with Gasteiger partial charge in [0.2, 0.25) is 0 Å². The number of aliphatic hydroxyl groups is 2. The van der Waals surface area contributed by atoms with Gasteiger partial charge in [-0.15, -0.1) is 0 Å². The van der Waals surface area contributed by atoms with Crippen LogP contribution in [0.3, 0.4) is 0 Å². The largest absolute Gasteiger partial charge is 0.393 e. The van der Waals surface area contributed by atoms with E-state index in [-0.39, 0.29) is 11.4 Å². The summed E-state index contributed by atoms with van der Waals surface area (Å²) in [7, 11) is 0. The number of alkyl halides is 1. The lowest BCUT2D eigenvalue weighted by atomic mass is 10.0. The van der Waals surface area contributed by atoms with E-state index >= 15 is 0 Å². The second-order valence-corrected chi connectivity index (χ2v) is 4.36. The summed E-state index contributed by atoms with van der Waals surface area (Å²) in [6.45, 7) is 0. The average molecular weight is 305 g/mol. The van der Waals surface area contributed by atoms with Gasteiger partial charge >= 0.3 is 0 Å². The Balaban J connectivity index is 2.93. The van der Waals surface area contributed by atoms with Gasteiger partial charge in [0, 0.05) is 11.4 Å². The fraction of sp³-hybridized carbons (Fsp3) is 0.400. The zero-order valence-corrected chi connectivity index (χ0v) is 10.5. The van der Waals surface area contributed by atoms with E-state index in [0.717, 1.165) is 0 Å². The van der Waals surface area contributed by atoms with E-state index in [0.29, 0.717) is 17.3 Å². The molecule has 2 unspecified atom stereocenters. The topological polar surface area (TPSA) is 110 Å². The van der Waals surface area contributed by atoms with E-state index in [9.17, 15) is 20.3 Å². The maximum Gasteiger partial charge on any atom is 0.292 e. The summed E-state index contributed by atoms with van der Waals surface area (Å²) in [5.74, 6) is 0. The fourth-order valence-corrected chi connectivity index (χ4v) is 1.88. The molecule has 2 atom stereocenters. The highest BCUT2D eigenvalue weighted by Gasteiger charge is 2.20. The number of hydrogen-bond acceptors (Lipinski definition) is 5. The van der Waals surface area contributed by atoms with Gasteiger partial charge < -0.3 is 15.9 Å². The molecular formula is C10H13BrN2O4. The molecule has 1 aromatic rings. The molecule has 0 saturated heterocycles. The highest BCUT2D eigenvalue weighted by atomic mass is 79.9. The van der Waals surface area contributed by atoms with Crippen LogP contribution in [0.1, 0.15) is 18.1 Å². The average Bonchev–Trinajstić information content (AvgIpc) is 2.27. The van der Waals surface area contributed by atoms with Crippen molar-refractivity contribution in [2.75, 3.05) is 11.1 Å². The summed E-state index contributed by atoms with van der Waals surface area (Å²) in [5, 5.41) is 30.5. The quantitative estimate of drug-likeness (QED) is 0.329. The molecule has 0 aromatic heterocycles. The van der Waals surface area contributed by atoms with E-state index in [1.165, 1.54) is 18.2 Å². The number of nitrogen functional groups attached to an aromatic ring is 1. The minimum absolute atomic E-state index is 0.0300. The third-order valence-corrected chi connectivity index (χ3v) is 2.82. The van der Waals surface area contributed by atoms with E-state index in [2.05, 4.69) is 15.9 Å². The molecule has 0 radical (unpaired) electrons. The molecule has 0 bridgehead atoms. The number of hydrogen-bond donors (Lipinski definition) is 3. The highest BCUT2D eigenvalue weighted by Crippen LogP contribution is 2.27. The Morgan fingerprint density at radius 1 is 1.47 bits per heavy atom. The Kier molecular flexibility index (Phi) is 4.86. The number of anilines is 1. The second kappa shape index (κ2) is 5.95. The molecular weight excluding hydrogens is 292 g/mol. The molecule has 0 aliphatic rings. The van der Waals surface area contributed by atoms with E-state index in [1.807, 2.05) is 0 Å². The number of nitrogens with two attached hydrogens (primary N) is 1. The molecule has 0 heterocycles. The predicted octanol–water partition coefficient (Wildman–Crippen LogP) is 1.36. The molecule has 0 aliphatic carbocycles. The van der Waals surface area contributed by atoms with Crippen molar-refractivity contribution < 1.29 is 15.1 Å². The Bertz CT molecular complexity index is 413. The lowest BCUT2D eigenvalue weighted by Crippen LogP contribution is -2.18. The van der Waals surface area contributed by atoms with Crippen molar-refractivity contribution in [1.82, 2.24) is 0 Å². The normalized spacial score (nSPS) is 14.3. The summed E-state index contributed by atoms with van der Waals surface area (Å²) >= 11 is 3.15. The number of halogens is 1. The van der Waals surface area contributed by atoms with Gasteiger partial charge in [0.1, 0.15) is 11.8 Å². The summed E-state index contributed by atoms with van der Waals surface area (Å²) in [5.41, 5.74) is 5.61. The van der Waals surface area contributed by atoms with Crippen molar-refractivity contribution in [3.05, 3.63) is 33.9 Å². The second-order valence-electron chi connectivity index (χ2n) is 3.57. The van der Waals surface area contributed by atoms with Crippen molar-refractivity contribution in [3.63, 3.8) is 0 Å². The maximum absolute atomic E-state index is 10.5. The van der Waals surface area contributed by atoms with Crippen LogP contribution in [0.5, 0.6) is 0 Å². The summed E-state index contributed by atoms with van der Waals surface area (Å²) < 4.78 is 0. The molecule has 0 fully saturated rings. The first-order valence-electron chi connectivity index (χ1n) is 4.93. The number of aliphatic hydroxyl groups excluding tert-OH is 2. The first-order chi connectivity index (χ1) is 7.97. The molecule has 4 N–H and O–H groups in total. The lowest BCUT2D eigenvalue weighted by Gasteiger charge is -2.17. The predicted molar refractivity (Wildman–Crippen MR) is 66.9 cm³/mol. The number of nitrogens with zero attached hydrogens (tertiary/aromatic N) is 1. The number of rotatable bonds is 5. The van der Waals surface area contributed by atoms with E-state index in [1.54, 1.807) is 0 Å². The van der Waals surface area contributed by atoms with Gasteiger partial charge in [0.25, 0.3) is 5.69 Å². The Morgan fingerprint density at radius 2 is 2.12 bits per heavy atom. The summed E-state index contributed by atoms with van der Waals surface area (Å²) in [4.78, 5) is 9.95. The van der Waals surface area contributed by atoms with Crippen LogP contribution in [0, 0.1) is 10.1 Å². The first-order valence-corrected chi connectivity index (χ1v) is 6.05. The number of nitro benzene ring substituents is 1. The van der Waals surface area contributed by atoms with Crippen molar-refractivity contribution in [2.45, 2.75) is 18.6 Å². The Hall–Kier alpha value is -1.18. The molecule has 1 aromatic carbocycles. The Morgan fingerprint density at radius 3 is 2.59 bits per heavy atom. The minimum atomic E-state index is -1.10. The smallest absolute Gasteiger partial charge is 0.292 e. The van der Waals surface area contributed by atoms with Crippen molar-refractivity contribution in [1.29, 1.82) is 0 Å². The number of benzene rings is 1. The van der Waals surface area contributed by atoms with Gasteiger partial charge in [0.15, 0.2) is 0 Å². The van der Waals surface area contributed by atoms with Gasteiger partial charge in [-0.25, -0.2) is 0 Å². The van der Waals surface area contributed by atoms with Crippen LogP contribution in [0.25, 0.3) is 0 Å². The zero-order valence-electron chi connectivity index (χ0n) is 8.91. The zero-order chi connectivity index (χ0) is 13.0. The third-order valence-electron chi connectivity index (χ3n) is 2.36. The monoisotopic (exact) mass is 304 g/mol. The Labute approximate surface area is 106 Å². The van der Waals surface area contributed by atoms with E-state index < -0.39 is 17.1 Å². The molecule has 94 valence electrons. The van der Waals surface area contributed by atoms with E-state index in [4.69, 9.17) is 5.73 Å². The lowest BCUT2D eigenvalue weighted by molar-refractivity contribution is -0.383. The van der Waals surface area contributed by atoms with Crippen LogP contribution < -0.4 is 5.73 Å². The molecule has 0 saturated carbocycles. The maximum atomic E-state index is 10.5. The minimum Gasteiger partial charge on any atom is -0.393 e. The molecule has 7 heteroatoms. The van der Waals surface area contributed by atoms with Crippen LogP contribution in [0.2, 0.25) is 0 Å². The molecule has 6 nitrogen and oxygen atoms in total. The number of nitro groups is 1. The fourth-order valence-electron chi connectivity index (χ4n) is 1.42. The van der Waals surface area contributed by atoms with Crippen LogP contribution in [-0.4, -0.2) is 26.6 Å². The van der Waals surface area contributed by atoms with Gasteiger partial charge in [-0.3, -0.25) is 10.1 Å². The molecule has 0 spiro atoms. The molecule has 0 amide bonds. The SMILES string of the molecule is Nc1cc(C(O)C(O)CCBr)ccc1[N+](=O)[O-]. The van der Waals surface area contributed by atoms with Crippen LogP contribution >= 0.6 is 15.9 Å². The molecule has 17 heavy (non-hydrogen) atoms. The van der Waals surface area contributed by atoms with Crippen LogP contribution in [0.15, 0.2) is 18.2 Å². The van der Waals surface area contributed by atoms with Crippen molar-refractivity contribution >= 4 is 27.3 Å².